The van der Waals surface area contributed by atoms with E-state index in [2.05, 4.69) is 15.2 Å². The molecule has 1 aliphatic heterocycles. The zero-order chi connectivity index (χ0) is 29.4. The first-order valence-corrected chi connectivity index (χ1v) is 15.8. The minimum atomic E-state index is -4.41. The molecule has 0 radical (unpaired) electrons. The van der Waals surface area contributed by atoms with E-state index in [-0.39, 0.29) is 29.7 Å². The lowest BCUT2D eigenvalue weighted by atomic mass is 10.0. The summed E-state index contributed by atoms with van der Waals surface area (Å²) in [6.45, 7) is 2.98. The minimum Gasteiger partial charge on any atom is -0.481 e. The maximum Gasteiger partial charge on any atom is 0.356 e. The maximum absolute atomic E-state index is 13.6. The van der Waals surface area contributed by atoms with Crippen molar-refractivity contribution in [2.75, 3.05) is 32.7 Å². The van der Waals surface area contributed by atoms with E-state index in [0.717, 1.165) is 18.5 Å². The molecular formula is C28H33N4O7PS. The molecule has 41 heavy (non-hydrogen) atoms. The molecule has 0 saturated carbocycles. The number of hydrogen-bond acceptors (Lipinski definition) is 7. The first-order chi connectivity index (χ1) is 19.6. The Morgan fingerprint density at radius 3 is 2.29 bits per heavy atom. The molecule has 0 spiro atoms. The number of aromatic nitrogens is 1. The minimum absolute atomic E-state index is 0.122. The number of thiazole rings is 1. The van der Waals surface area contributed by atoms with Gasteiger partial charge in [-0.25, -0.2) is 4.98 Å². The Bertz CT molecular complexity index is 1390. The number of unbranched alkanes of at least 4 members (excludes halogenated alkanes) is 1. The summed E-state index contributed by atoms with van der Waals surface area (Å²) in [5, 5.41) is 13.9. The fourth-order valence-electron chi connectivity index (χ4n) is 4.61. The lowest BCUT2D eigenvalue weighted by Gasteiger charge is -2.36. The Hall–Kier alpha value is -3.41. The van der Waals surface area contributed by atoms with E-state index in [4.69, 9.17) is 5.11 Å². The number of benzene rings is 2. The highest BCUT2D eigenvalue weighted by molar-refractivity contribution is 7.60. The van der Waals surface area contributed by atoms with Crippen molar-refractivity contribution in [1.29, 1.82) is 0 Å². The Morgan fingerprint density at radius 1 is 0.976 bits per heavy atom. The van der Waals surface area contributed by atoms with Crippen molar-refractivity contribution >= 4 is 42.0 Å². The molecular weight excluding hydrogens is 567 g/mol. The van der Waals surface area contributed by atoms with Crippen LogP contribution < -0.4 is 10.6 Å². The molecule has 1 aliphatic rings. The van der Waals surface area contributed by atoms with Crippen LogP contribution in [0.3, 0.4) is 0 Å². The summed E-state index contributed by atoms with van der Waals surface area (Å²) in [4.78, 5) is 64.8. The first-order valence-electron chi connectivity index (χ1n) is 13.3. The normalized spacial score (nSPS) is 14.9. The van der Waals surface area contributed by atoms with Crippen LogP contribution in [0.5, 0.6) is 0 Å². The van der Waals surface area contributed by atoms with Crippen molar-refractivity contribution in [3.8, 4) is 10.6 Å². The van der Waals surface area contributed by atoms with E-state index in [9.17, 15) is 28.7 Å². The molecule has 2 aromatic carbocycles. The second-order valence-electron chi connectivity index (χ2n) is 9.86. The number of amides is 2. The lowest BCUT2D eigenvalue weighted by molar-refractivity contribution is -0.137. The maximum atomic E-state index is 13.6. The molecule has 4 N–H and O–H groups in total. The Labute approximate surface area is 242 Å². The third-order valence-corrected chi connectivity index (χ3v) is 8.73. The molecule has 4 rings (SSSR count). The van der Waals surface area contributed by atoms with Crippen LogP contribution in [-0.4, -0.2) is 86.2 Å². The molecule has 1 fully saturated rings. The third kappa shape index (κ3) is 8.79. The lowest BCUT2D eigenvalue weighted by Crippen LogP contribution is -2.55. The SMILES string of the molecule is O=C(O)CCCCN1CCN(C(=O)[C@H](Cc2ccc(P(=O)(O)O)cc2)NC(=O)c2csc(-c3ccccc3)n2)CC1. The van der Waals surface area contributed by atoms with E-state index in [1.807, 2.05) is 30.3 Å². The number of piperazine rings is 1. The topological polar surface area (TPSA) is 160 Å². The number of hydrogen-bond donors (Lipinski definition) is 4. The zero-order valence-electron chi connectivity index (χ0n) is 22.4. The molecule has 1 saturated heterocycles. The standard InChI is InChI=1S/C28H33N4O7PS/c33-25(34)8-4-5-13-31-14-16-32(17-15-31)28(36)23(18-20-9-11-22(12-10-20)40(37,38)39)29-26(35)24-19-41-27(30-24)21-6-2-1-3-7-21/h1-3,6-7,9-12,19,23H,4-5,8,13-18H2,(H,29,35)(H,33,34)(H2,37,38,39)/t23-/m0/s1. The predicted octanol–water partition coefficient (Wildman–Crippen LogP) is 2.35. The highest BCUT2D eigenvalue weighted by Gasteiger charge is 2.30. The number of carboxylic acid groups (broad SMARTS) is 1. The number of carboxylic acids is 1. The smallest absolute Gasteiger partial charge is 0.356 e. The van der Waals surface area contributed by atoms with Crippen molar-refractivity contribution in [1.82, 2.24) is 20.1 Å². The van der Waals surface area contributed by atoms with Crippen LogP contribution in [0.15, 0.2) is 60.0 Å². The predicted molar refractivity (Wildman–Crippen MR) is 155 cm³/mol. The van der Waals surface area contributed by atoms with Gasteiger partial charge in [0.1, 0.15) is 16.7 Å². The molecule has 0 aliphatic carbocycles. The third-order valence-electron chi connectivity index (χ3n) is 6.87. The van der Waals surface area contributed by atoms with Gasteiger partial charge in [0.2, 0.25) is 5.91 Å². The first kappa shape index (κ1) is 30.5. The molecule has 2 heterocycles. The van der Waals surface area contributed by atoms with Crippen molar-refractivity contribution < 1.29 is 33.8 Å². The summed E-state index contributed by atoms with van der Waals surface area (Å²) < 4.78 is 11.6. The monoisotopic (exact) mass is 600 g/mol. The molecule has 13 heteroatoms. The van der Waals surface area contributed by atoms with E-state index in [1.54, 1.807) is 22.4 Å². The van der Waals surface area contributed by atoms with Crippen LogP contribution in [-0.2, 0) is 20.6 Å². The van der Waals surface area contributed by atoms with Gasteiger partial charge in [-0.1, -0.05) is 42.5 Å². The zero-order valence-corrected chi connectivity index (χ0v) is 24.1. The number of nitrogens with zero attached hydrogens (tertiary/aromatic N) is 3. The van der Waals surface area contributed by atoms with E-state index in [1.165, 1.54) is 23.5 Å². The van der Waals surface area contributed by atoms with Crippen molar-refractivity contribution in [2.24, 2.45) is 0 Å². The molecule has 1 aromatic heterocycles. The van der Waals surface area contributed by atoms with Gasteiger partial charge >= 0.3 is 13.6 Å². The summed E-state index contributed by atoms with van der Waals surface area (Å²) in [6.07, 6.45) is 1.64. The Kier molecular flexibility index (Phi) is 10.4. The fourth-order valence-corrected chi connectivity index (χ4v) is 5.95. The van der Waals surface area contributed by atoms with E-state index >= 15 is 0 Å². The van der Waals surface area contributed by atoms with Gasteiger partial charge < -0.3 is 25.1 Å². The number of carbonyl (C=O) groups is 3. The molecule has 218 valence electrons. The van der Waals surface area contributed by atoms with Gasteiger partial charge in [0.15, 0.2) is 0 Å². The van der Waals surface area contributed by atoms with Gasteiger partial charge in [-0.2, -0.15) is 0 Å². The second-order valence-corrected chi connectivity index (χ2v) is 12.3. The van der Waals surface area contributed by atoms with Gasteiger partial charge in [0.25, 0.3) is 5.91 Å². The molecule has 0 unspecified atom stereocenters. The Morgan fingerprint density at radius 2 is 1.66 bits per heavy atom. The number of nitrogens with one attached hydrogen (secondary N) is 1. The molecule has 3 aromatic rings. The average molecular weight is 601 g/mol. The molecule has 2 amide bonds. The van der Waals surface area contributed by atoms with E-state index in [0.29, 0.717) is 43.2 Å². The van der Waals surface area contributed by atoms with Gasteiger partial charge in [-0.15, -0.1) is 11.3 Å². The van der Waals surface area contributed by atoms with Crippen LogP contribution in [0, 0.1) is 0 Å². The summed E-state index contributed by atoms with van der Waals surface area (Å²) in [6, 6.07) is 14.3. The highest BCUT2D eigenvalue weighted by atomic mass is 32.1. The number of carbonyl (C=O) groups excluding carboxylic acids is 2. The summed E-state index contributed by atoms with van der Waals surface area (Å²) in [7, 11) is -4.41. The van der Waals surface area contributed by atoms with Gasteiger partial charge in [0, 0.05) is 50.0 Å². The summed E-state index contributed by atoms with van der Waals surface area (Å²) >= 11 is 1.33. The molecule has 11 nitrogen and oxygen atoms in total. The van der Waals surface area contributed by atoms with Gasteiger partial charge in [-0.3, -0.25) is 23.8 Å². The van der Waals surface area contributed by atoms with Crippen molar-refractivity contribution in [3.63, 3.8) is 0 Å². The molecule has 0 bridgehead atoms. The van der Waals surface area contributed by atoms with Crippen LogP contribution in [0.2, 0.25) is 0 Å². The van der Waals surface area contributed by atoms with Crippen molar-refractivity contribution in [2.45, 2.75) is 31.7 Å². The molecule has 1 atom stereocenters. The van der Waals surface area contributed by atoms with Gasteiger partial charge in [-0.05, 0) is 37.1 Å². The van der Waals surface area contributed by atoms with E-state index < -0.39 is 25.5 Å². The largest absolute Gasteiger partial charge is 0.481 e. The van der Waals surface area contributed by atoms with Crippen LogP contribution in [0.4, 0.5) is 0 Å². The second kappa shape index (κ2) is 14.0. The van der Waals surface area contributed by atoms with Crippen LogP contribution >= 0.6 is 18.9 Å². The van der Waals surface area contributed by atoms with Crippen LogP contribution in [0.1, 0.15) is 35.3 Å². The van der Waals surface area contributed by atoms with Crippen molar-refractivity contribution in [3.05, 3.63) is 71.2 Å². The van der Waals surface area contributed by atoms with Gasteiger partial charge in [0.05, 0.1) is 5.30 Å². The van der Waals surface area contributed by atoms with Crippen LogP contribution in [0.25, 0.3) is 10.6 Å². The fraction of sp³-hybridized carbons (Fsp3) is 0.357. The summed E-state index contributed by atoms with van der Waals surface area (Å²) in [5.74, 6) is -1.54. The quantitative estimate of drug-likeness (QED) is 0.181. The highest BCUT2D eigenvalue weighted by Crippen LogP contribution is 2.33. The number of aliphatic carboxylic acids is 1. The Balaban J connectivity index is 1.44. The number of rotatable bonds is 12. The average Bonchev–Trinajstić information content (AvgIpc) is 3.46. The summed E-state index contributed by atoms with van der Waals surface area (Å²) in [5.41, 5.74) is 1.73.